The summed E-state index contributed by atoms with van der Waals surface area (Å²) in [6, 6.07) is 12.4. The molecule has 0 aliphatic carbocycles. The van der Waals surface area contributed by atoms with Gasteiger partial charge in [0.05, 0.1) is 12.2 Å². The number of nitrogens with zero attached hydrogens (tertiary/aromatic N) is 1. The third-order valence-electron chi connectivity index (χ3n) is 4.98. The molecule has 25 heavy (non-hydrogen) atoms. The fourth-order valence-corrected chi connectivity index (χ4v) is 3.55. The van der Waals surface area contributed by atoms with Crippen LogP contribution in [0.5, 0.6) is 0 Å². The van der Waals surface area contributed by atoms with Crippen LogP contribution in [0.15, 0.2) is 36.4 Å². The van der Waals surface area contributed by atoms with Gasteiger partial charge in [0.25, 0.3) is 0 Å². The first-order valence-corrected chi connectivity index (χ1v) is 9.03. The third kappa shape index (κ3) is 4.07. The molecular formula is C21H29N3O. The molecule has 2 unspecified atom stereocenters. The van der Waals surface area contributed by atoms with Gasteiger partial charge in [-0.2, -0.15) is 0 Å². The molecule has 1 fully saturated rings. The zero-order valence-electron chi connectivity index (χ0n) is 15.7. The first-order valence-electron chi connectivity index (χ1n) is 9.03. The Kier molecular flexibility index (Phi) is 5.19. The topological polar surface area (TPSA) is 50.5 Å². The summed E-state index contributed by atoms with van der Waals surface area (Å²) >= 11 is 0. The molecule has 2 atom stereocenters. The number of hydrogen-bond acceptors (Lipinski definition) is 4. The molecule has 0 saturated carbocycles. The van der Waals surface area contributed by atoms with E-state index >= 15 is 0 Å². The standard InChI is InChI=1S/C21H29N3O/c1-14-12-24(13-15(2)25-14)21-10-9-20(16(3)17(21)4)23-11-18-5-7-19(22)8-6-18/h5-10,14-15,23H,11-13,22H2,1-4H3. The predicted octanol–water partition coefficient (Wildman–Crippen LogP) is 4.11. The highest BCUT2D eigenvalue weighted by atomic mass is 16.5. The number of benzene rings is 2. The van der Waals surface area contributed by atoms with Crippen molar-refractivity contribution in [3.63, 3.8) is 0 Å². The van der Waals surface area contributed by atoms with Crippen molar-refractivity contribution in [2.45, 2.75) is 46.4 Å². The summed E-state index contributed by atoms with van der Waals surface area (Å²) in [5, 5.41) is 3.55. The molecule has 0 radical (unpaired) electrons. The minimum Gasteiger partial charge on any atom is -0.399 e. The first-order chi connectivity index (χ1) is 11.9. The third-order valence-corrected chi connectivity index (χ3v) is 4.98. The smallest absolute Gasteiger partial charge is 0.0726 e. The highest BCUT2D eigenvalue weighted by Gasteiger charge is 2.24. The van der Waals surface area contributed by atoms with E-state index in [1.165, 1.54) is 28.1 Å². The molecule has 0 spiro atoms. The fraction of sp³-hybridized carbons (Fsp3) is 0.429. The number of nitrogens with two attached hydrogens (primary N) is 1. The van der Waals surface area contributed by atoms with Gasteiger partial charge >= 0.3 is 0 Å². The van der Waals surface area contributed by atoms with Gasteiger partial charge < -0.3 is 20.7 Å². The van der Waals surface area contributed by atoms with Crippen LogP contribution in [-0.2, 0) is 11.3 Å². The SMILES string of the molecule is Cc1c(NCc2ccc(N)cc2)ccc(N2CC(C)OC(C)C2)c1C. The van der Waals surface area contributed by atoms with Crippen LogP contribution in [0.1, 0.15) is 30.5 Å². The Labute approximate surface area is 151 Å². The minimum absolute atomic E-state index is 0.270. The molecule has 0 aromatic heterocycles. The number of rotatable bonds is 4. The zero-order valence-corrected chi connectivity index (χ0v) is 15.7. The molecule has 4 nitrogen and oxygen atoms in total. The molecule has 2 aromatic rings. The van der Waals surface area contributed by atoms with Crippen molar-refractivity contribution in [1.29, 1.82) is 0 Å². The van der Waals surface area contributed by atoms with Crippen molar-refractivity contribution in [1.82, 2.24) is 0 Å². The number of ether oxygens (including phenoxy) is 1. The number of morpholine rings is 1. The Balaban J connectivity index is 1.74. The highest BCUT2D eigenvalue weighted by Crippen LogP contribution is 2.30. The van der Waals surface area contributed by atoms with E-state index in [0.717, 1.165) is 25.3 Å². The van der Waals surface area contributed by atoms with Crippen LogP contribution in [0.2, 0.25) is 0 Å². The Hall–Kier alpha value is -2.20. The van der Waals surface area contributed by atoms with E-state index in [2.05, 4.69) is 62.2 Å². The van der Waals surface area contributed by atoms with Gasteiger partial charge in [-0.3, -0.25) is 0 Å². The van der Waals surface area contributed by atoms with Crippen LogP contribution in [0.3, 0.4) is 0 Å². The molecule has 2 aromatic carbocycles. The van der Waals surface area contributed by atoms with E-state index in [9.17, 15) is 0 Å². The van der Waals surface area contributed by atoms with Crippen molar-refractivity contribution in [2.75, 3.05) is 29.0 Å². The van der Waals surface area contributed by atoms with E-state index < -0.39 is 0 Å². The van der Waals surface area contributed by atoms with Gasteiger partial charge in [-0.1, -0.05) is 12.1 Å². The summed E-state index contributed by atoms with van der Waals surface area (Å²) in [5.41, 5.74) is 12.9. The highest BCUT2D eigenvalue weighted by molar-refractivity contribution is 5.66. The van der Waals surface area contributed by atoms with Crippen molar-refractivity contribution >= 4 is 17.1 Å². The molecule has 3 rings (SSSR count). The van der Waals surface area contributed by atoms with Crippen molar-refractivity contribution < 1.29 is 4.74 Å². The number of nitrogens with one attached hydrogen (secondary N) is 1. The van der Waals surface area contributed by atoms with Crippen LogP contribution in [0, 0.1) is 13.8 Å². The second-order valence-corrected chi connectivity index (χ2v) is 7.14. The van der Waals surface area contributed by atoms with Gasteiger partial charge in [-0.15, -0.1) is 0 Å². The Morgan fingerprint density at radius 2 is 1.64 bits per heavy atom. The molecule has 1 aliphatic heterocycles. The Morgan fingerprint density at radius 3 is 2.28 bits per heavy atom. The van der Waals surface area contributed by atoms with E-state index in [1.807, 2.05) is 12.1 Å². The van der Waals surface area contributed by atoms with E-state index in [1.54, 1.807) is 0 Å². The van der Waals surface area contributed by atoms with Gasteiger partial charge in [0, 0.05) is 36.7 Å². The largest absolute Gasteiger partial charge is 0.399 e. The average Bonchev–Trinajstić information content (AvgIpc) is 2.57. The second kappa shape index (κ2) is 7.36. The lowest BCUT2D eigenvalue weighted by molar-refractivity contribution is -0.00524. The van der Waals surface area contributed by atoms with Crippen LogP contribution in [-0.4, -0.2) is 25.3 Å². The maximum Gasteiger partial charge on any atom is 0.0726 e. The predicted molar refractivity (Wildman–Crippen MR) is 106 cm³/mol. The van der Waals surface area contributed by atoms with E-state index in [-0.39, 0.29) is 12.2 Å². The summed E-state index contributed by atoms with van der Waals surface area (Å²) in [6.07, 6.45) is 0.540. The summed E-state index contributed by atoms with van der Waals surface area (Å²) in [6.45, 7) is 11.4. The lowest BCUT2D eigenvalue weighted by Crippen LogP contribution is -2.45. The lowest BCUT2D eigenvalue weighted by Gasteiger charge is -2.38. The molecule has 0 amide bonds. The minimum atomic E-state index is 0.270. The fourth-order valence-electron chi connectivity index (χ4n) is 3.55. The monoisotopic (exact) mass is 339 g/mol. The summed E-state index contributed by atoms with van der Waals surface area (Å²) < 4.78 is 5.86. The van der Waals surface area contributed by atoms with Gasteiger partial charge in [0.15, 0.2) is 0 Å². The zero-order chi connectivity index (χ0) is 18.0. The molecule has 3 N–H and O–H groups in total. The Bertz CT molecular complexity index is 717. The second-order valence-electron chi connectivity index (χ2n) is 7.14. The van der Waals surface area contributed by atoms with E-state index in [0.29, 0.717) is 0 Å². The normalized spacial score (nSPS) is 20.6. The van der Waals surface area contributed by atoms with Gasteiger partial charge in [0.2, 0.25) is 0 Å². The van der Waals surface area contributed by atoms with Crippen molar-refractivity contribution in [3.05, 3.63) is 53.1 Å². The van der Waals surface area contributed by atoms with Gasteiger partial charge in [-0.25, -0.2) is 0 Å². The molecule has 1 saturated heterocycles. The molecule has 134 valence electrons. The molecule has 0 bridgehead atoms. The van der Waals surface area contributed by atoms with Crippen molar-refractivity contribution in [2.24, 2.45) is 0 Å². The van der Waals surface area contributed by atoms with Gasteiger partial charge in [0.1, 0.15) is 0 Å². The van der Waals surface area contributed by atoms with E-state index in [4.69, 9.17) is 10.5 Å². The summed E-state index contributed by atoms with van der Waals surface area (Å²) in [4.78, 5) is 2.45. The maximum absolute atomic E-state index is 5.86. The Morgan fingerprint density at radius 1 is 1.00 bits per heavy atom. The van der Waals surface area contributed by atoms with Crippen LogP contribution < -0.4 is 16.0 Å². The van der Waals surface area contributed by atoms with Crippen LogP contribution in [0.25, 0.3) is 0 Å². The lowest BCUT2D eigenvalue weighted by atomic mass is 10.0. The summed E-state index contributed by atoms with van der Waals surface area (Å²) in [5.74, 6) is 0. The first kappa shape index (κ1) is 17.6. The van der Waals surface area contributed by atoms with Gasteiger partial charge in [-0.05, 0) is 68.7 Å². The van der Waals surface area contributed by atoms with Crippen LogP contribution in [0.4, 0.5) is 17.1 Å². The molecule has 1 heterocycles. The quantitative estimate of drug-likeness (QED) is 0.823. The molecule has 4 heteroatoms. The number of hydrogen-bond donors (Lipinski definition) is 2. The van der Waals surface area contributed by atoms with Crippen molar-refractivity contribution in [3.8, 4) is 0 Å². The molecule has 1 aliphatic rings. The maximum atomic E-state index is 5.86. The van der Waals surface area contributed by atoms with Crippen LogP contribution >= 0.6 is 0 Å². The molecular weight excluding hydrogens is 310 g/mol. The number of anilines is 3. The number of nitrogen functional groups attached to an aromatic ring is 1. The average molecular weight is 339 g/mol. The summed E-state index contributed by atoms with van der Waals surface area (Å²) in [7, 11) is 0.